The second-order valence-corrected chi connectivity index (χ2v) is 8.98. The maximum Gasteiger partial charge on any atom is 0.242 e. The van der Waals surface area contributed by atoms with Gasteiger partial charge < -0.3 is 16.2 Å². The van der Waals surface area contributed by atoms with E-state index in [1.807, 2.05) is 13.8 Å². The van der Waals surface area contributed by atoms with Crippen LogP contribution in [0.1, 0.15) is 26.7 Å². The minimum absolute atomic E-state index is 0.00590. The topological polar surface area (TPSA) is 122 Å². The number of carbonyl (C=O) groups is 1. The van der Waals surface area contributed by atoms with E-state index in [-0.39, 0.29) is 41.3 Å². The molecule has 0 spiro atoms. The second-order valence-electron chi connectivity index (χ2n) is 6.40. The average Bonchev–Trinajstić information content (AvgIpc) is 2.51. The van der Waals surface area contributed by atoms with Crippen LogP contribution in [0.5, 0.6) is 0 Å². The Kier molecular flexibility index (Phi) is 9.29. The molecule has 1 rings (SSSR count). The maximum atomic E-state index is 12.2. The summed E-state index contributed by atoms with van der Waals surface area (Å²) in [6.45, 7) is 3.90. The molecule has 7 nitrogen and oxygen atoms in total. The van der Waals surface area contributed by atoms with Gasteiger partial charge in [-0.05, 0) is 37.0 Å². The predicted octanol–water partition coefficient (Wildman–Crippen LogP) is 1.51. The first-order valence-corrected chi connectivity index (χ1v) is 10.4. The first kappa shape index (κ1) is 23.1. The van der Waals surface area contributed by atoms with Gasteiger partial charge in [-0.2, -0.15) is 0 Å². The standard InChI is InChI=1S/C16H25Cl2N3O4S/c1-10(2)7-14(19)16(23)20-9-12(22)5-6-21-26(24,25)15-4-3-11(17)8-13(15)18/h3-4,8,10,12,14,21-22H,5-7,9,19H2,1-2H3,(H,20,23)/t12-,14-/m0/s1. The molecule has 10 heteroatoms. The van der Waals surface area contributed by atoms with Crippen LogP contribution < -0.4 is 15.8 Å². The van der Waals surface area contributed by atoms with Gasteiger partial charge in [0.2, 0.25) is 15.9 Å². The molecule has 0 aliphatic heterocycles. The van der Waals surface area contributed by atoms with Crippen molar-refractivity contribution in [2.75, 3.05) is 13.1 Å². The molecule has 148 valence electrons. The number of halogens is 2. The van der Waals surface area contributed by atoms with Gasteiger partial charge in [-0.1, -0.05) is 37.0 Å². The van der Waals surface area contributed by atoms with Crippen LogP contribution in [0.2, 0.25) is 10.0 Å². The fourth-order valence-electron chi connectivity index (χ4n) is 2.20. The molecule has 0 unspecified atom stereocenters. The number of amides is 1. The Morgan fingerprint density at radius 3 is 2.54 bits per heavy atom. The van der Waals surface area contributed by atoms with E-state index in [1.165, 1.54) is 18.2 Å². The minimum Gasteiger partial charge on any atom is -0.391 e. The zero-order valence-electron chi connectivity index (χ0n) is 14.7. The van der Waals surface area contributed by atoms with Gasteiger partial charge in [-0.3, -0.25) is 4.79 Å². The van der Waals surface area contributed by atoms with Crippen molar-refractivity contribution >= 4 is 39.1 Å². The highest BCUT2D eigenvalue weighted by Gasteiger charge is 2.19. The molecule has 0 bridgehead atoms. The highest BCUT2D eigenvalue weighted by molar-refractivity contribution is 7.89. The minimum atomic E-state index is -3.82. The number of hydrogen-bond donors (Lipinski definition) is 4. The Balaban J connectivity index is 2.43. The monoisotopic (exact) mass is 425 g/mol. The maximum absolute atomic E-state index is 12.2. The van der Waals surface area contributed by atoms with Crippen molar-refractivity contribution in [1.29, 1.82) is 0 Å². The highest BCUT2D eigenvalue weighted by Crippen LogP contribution is 2.24. The van der Waals surface area contributed by atoms with Crippen LogP contribution in [-0.4, -0.2) is 44.7 Å². The lowest BCUT2D eigenvalue weighted by molar-refractivity contribution is -0.123. The zero-order valence-corrected chi connectivity index (χ0v) is 17.0. The zero-order chi connectivity index (χ0) is 19.9. The normalized spacial score (nSPS) is 14.3. The predicted molar refractivity (Wildman–Crippen MR) is 103 cm³/mol. The van der Waals surface area contributed by atoms with Gasteiger partial charge in [0.1, 0.15) is 4.90 Å². The third kappa shape index (κ3) is 7.77. The van der Waals surface area contributed by atoms with Crippen LogP contribution in [-0.2, 0) is 14.8 Å². The first-order chi connectivity index (χ1) is 12.0. The lowest BCUT2D eigenvalue weighted by atomic mass is 10.0. The van der Waals surface area contributed by atoms with Crippen molar-refractivity contribution in [1.82, 2.24) is 10.0 Å². The van der Waals surface area contributed by atoms with E-state index in [0.717, 1.165) is 0 Å². The largest absolute Gasteiger partial charge is 0.391 e. The Bertz CT molecular complexity index is 713. The van der Waals surface area contributed by atoms with Gasteiger partial charge in [0.15, 0.2) is 0 Å². The van der Waals surface area contributed by atoms with Gasteiger partial charge in [-0.15, -0.1) is 0 Å². The van der Waals surface area contributed by atoms with E-state index in [0.29, 0.717) is 11.4 Å². The van der Waals surface area contributed by atoms with Crippen molar-refractivity contribution < 1.29 is 18.3 Å². The third-order valence-electron chi connectivity index (χ3n) is 3.53. The number of nitrogens with two attached hydrogens (primary N) is 1. The van der Waals surface area contributed by atoms with Gasteiger partial charge in [0.25, 0.3) is 0 Å². The lowest BCUT2D eigenvalue weighted by Gasteiger charge is -2.16. The molecular weight excluding hydrogens is 401 g/mol. The Morgan fingerprint density at radius 2 is 1.96 bits per heavy atom. The molecule has 1 aromatic carbocycles. The quantitative estimate of drug-likeness (QED) is 0.452. The number of benzene rings is 1. The number of sulfonamides is 1. The van der Waals surface area contributed by atoms with Crippen LogP contribution in [0.4, 0.5) is 0 Å². The van der Waals surface area contributed by atoms with Crippen molar-refractivity contribution in [3.05, 3.63) is 28.2 Å². The van der Waals surface area contributed by atoms with Crippen LogP contribution in [0.15, 0.2) is 23.1 Å². The molecule has 0 saturated carbocycles. The van der Waals surface area contributed by atoms with Gasteiger partial charge >= 0.3 is 0 Å². The van der Waals surface area contributed by atoms with Crippen molar-refractivity contribution in [3.63, 3.8) is 0 Å². The summed E-state index contributed by atoms with van der Waals surface area (Å²) in [6, 6.07) is 3.43. The molecule has 5 N–H and O–H groups in total. The summed E-state index contributed by atoms with van der Waals surface area (Å²) in [4.78, 5) is 11.7. The molecule has 0 aliphatic carbocycles. The fraction of sp³-hybridized carbons (Fsp3) is 0.562. The van der Waals surface area contributed by atoms with E-state index >= 15 is 0 Å². The van der Waals surface area contributed by atoms with E-state index in [9.17, 15) is 18.3 Å². The van der Waals surface area contributed by atoms with Crippen LogP contribution in [0.3, 0.4) is 0 Å². The smallest absolute Gasteiger partial charge is 0.242 e. The van der Waals surface area contributed by atoms with E-state index in [1.54, 1.807) is 0 Å². The number of aliphatic hydroxyl groups is 1. The number of aliphatic hydroxyl groups excluding tert-OH is 1. The molecule has 0 heterocycles. The molecule has 1 aromatic rings. The van der Waals surface area contributed by atoms with Crippen LogP contribution >= 0.6 is 23.2 Å². The third-order valence-corrected chi connectivity index (χ3v) is 5.71. The number of rotatable bonds is 10. The SMILES string of the molecule is CC(C)C[C@H](N)C(=O)NC[C@@H](O)CCNS(=O)(=O)c1ccc(Cl)cc1Cl. The molecule has 0 aromatic heterocycles. The lowest BCUT2D eigenvalue weighted by Crippen LogP contribution is -2.44. The first-order valence-electron chi connectivity index (χ1n) is 8.19. The summed E-state index contributed by atoms with van der Waals surface area (Å²) in [7, 11) is -3.82. The molecular formula is C16H25Cl2N3O4S. The summed E-state index contributed by atoms with van der Waals surface area (Å²) in [5.41, 5.74) is 5.74. The van der Waals surface area contributed by atoms with E-state index < -0.39 is 22.2 Å². The summed E-state index contributed by atoms with van der Waals surface area (Å²) < 4.78 is 26.7. The number of carbonyl (C=O) groups excluding carboxylic acids is 1. The Hall–Kier alpha value is -0.900. The van der Waals surface area contributed by atoms with Crippen molar-refractivity contribution in [2.45, 2.75) is 43.7 Å². The van der Waals surface area contributed by atoms with Crippen molar-refractivity contribution in [3.8, 4) is 0 Å². The summed E-state index contributed by atoms with van der Waals surface area (Å²) >= 11 is 11.6. The van der Waals surface area contributed by atoms with Crippen LogP contribution in [0, 0.1) is 5.92 Å². The van der Waals surface area contributed by atoms with Crippen molar-refractivity contribution in [2.24, 2.45) is 11.7 Å². The van der Waals surface area contributed by atoms with E-state index in [4.69, 9.17) is 28.9 Å². The summed E-state index contributed by atoms with van der Waals surface area (Å²) in [5, 5.41) is 12.8. The Morgan fingerprint density at radius 1 is 1.31 bits per heavy atom. The fourth-order valence-corrected chi connectivity index (χ4v) is 4.02. The van der Waals surface area contributed by atoms with Gasteiger partial charge in [0.05, 0.1) is 17.2 Å². The van der Waals surface area contributed by atoms with E-state index in [2.05, 4.69) is 10.0 Å². The highest BCUT2D eigenvalue weighted by atomic mass is 35.5. The second kappa shape index (κ2) is 10.4. The van der Waals surface area contributed by atoms with Crippen LogP contribution in [0.25, 0.3) is 0 Å². The molecule has 0 fully saturated rings. The molecule has 26 heavy (non-hydrogen) atoms. The molecule has 0 radical (unpaired) electrons. The summed E-state index contributed by atoms with van der Waals surface area (Å²) in [5.74, 6) is -0.0546. The molecule has 1 amide bonds. The average molecular weight is 426 g/mol. The van der Waals surface area contributed by atoms with Gasteiger partial charge in [0, 0.05) is 18.1 Å². The Labute approximate surface area is 164 Å². The summed E-state index contributed by atoms with van der Waals surface area (Å²) in [6.07, 6.45) is -0.248. The number of hydrogen-bond acceptors (Lipinski definition) is 5. The van der Waals surface area contributed by atoms with Gasteiger partial charge in [-0.25, -0.2) is 13.1 Å². The molecule has 0 aliphatic rings. The molecule has 2 atom stereocenters. The number of nitrogens with one attached hydrogen (secondary N) is 2. The molecule has 0 saturated heterocycles.